The van der Waals surface area contributed by atoms with Gasteiger partial charge in [0.1, 0.15) is 11.4 Å². The van der Waals surface area contributed by atoms with Crippen molar-refractivity contribution in [3.05, 3.63) is 125 Å². The molecule has 1 aromatic heterocycles. The van der Waals surface area contributed by atoms with Crippen LogP contribution >= 0.6 is 0 Å². The Morgan fingerprint density at radius 3 is 2.08 bits per heavy atom. The van der Waals surface area contributed by atoms with Crippen LogP contribution in [-0.2, 0) is 11.8 Å². The Kier molecular flexibility index (Phi) is 6.47. The number of rotatable bonds is 5. The molecule has 0 spiro atoms. The van der Waals surface area contributed by atoms with E-state index in [9.17, 15) is 9.59 Å². The van der Waals surface area contributed by atoms with E-state index in [2.05, 4.69) is 10.4 Å². The summed E-state index contributed by atoms with van der Waals surface area (Å²) in [5, 5.41) is 7.50. The molecule has 0 unspecified atom stereocenters. The summed E-state index contributed by atoms with van der Waals surface area (Å²) in [5.41, 5.74) is 6.42. The van der Waals surface area contributed by atoms with Gasteiger partial charge in [-0.05, 0) is 50.2 Å². The highest BCUT2D eigenvalue weighted by Gasteiger charge is 2.42. The number of aryl methyl sites for hydroxylation is 1. The molecule has 0 saturated carbocycles. The van der Waals surface area contributed by atoms with E-state index in [1.165, 1.54) is 0 Å². The molecule has 0 radical (unpaired) electrons. The number of carbonyl (C=O) groups is 2. The van der Waals surface area contributed by atoms with Gasteiger partial charge in [-0.15, -0.1) is 4.58 Å². The van der Waals surface area contributed by atoms with Crippen LogP contribution in [0, 0.1) is 0 Å². The zero-order valence-electron chi connectivity index (χ0n) is 21.0. The van der Waals surface area contributed by atoms with Gasteiger partial charge in [0.2, 0.25) is 11.4 Å². The largest absolute Gasteiger partial charge is 0.426 e. The van der Waals surface area contributed by atoms with Crippen LogP contribution in [0.4, 0.5) is 11.5 Å². The molecule has 0 fully saturated rings. The fourth-order valence-electron chi connectivity index (χ4n) is 4.57. The Labute approximate surface area is 215 Å². The lowest BCUT2D eigenvalue weighted by molar-refractivity contribution is -0.356. The van der Waals surface area contributed by atoms with Crippen LogP contribution in [0.1, 0.15) is 29.8 Å². The third kappa shape index (κ3) is 4.45. The van der Waals surface area contributed by atoms with Crippen molar-refractivity contribution in [2.24, 2.45) is 7.05 Å². The van der Waals surface area contributed by atoms with Crippen LogP contribution in [0.15, 0.2) is 114 Å². The summed E-state index contributed by atoms with van der Waals surface area (Å²) in [6.45, 7) is 3.85. The molecule has 0 aliphatic carbocycles. The molecule has 37 heavy (non-hydrogen) atoms. The molecule has 2 heterocycles. The summed E-state index contributed by atoms with van der Waals surface area (Å²) in [6.07, 6.45) is 3.86. The number of nitrogens with zero attached hydrogens (tertiary/aromatic N) is 3. The highest BCUT2D eigenvalue weighted by Crippen LogP contribution is 2.32. The first-order valence-electron chi connectivity index (χ1n) is 12.1. The molecule has 4 aromatic rings. The van der Waals surface area contributed by atoms with Gasteiger partial charge in [0.25, 0.3) is 5.91 Å². The molecule has 0 bridgehead atoms. The number of hydrogen-bond acceptors (Lipinski definition) is 3. The quantitative estimate of drug-likeness (QED) is 0.281. The van der Waals surface area contributed by atoms with Crippen LogP contribution in [0.25, 0.3) is 11.3 Å². The van der Waals surface area contributed by atoms with Gasteiger partial charge >= 0.3 is 5.91 Å². The van der Waals surface area contributed by atoms with Gasteiger partial charge < -0.3 is 5.32 Å². The van der Waals surface area contributed by atoms with E-state index in [0.29, 0.717) is 17.0 Å². The van der Waals surface area contributed by atoms with Gasteiger partial charge in [0.05, 0.1) is 11.3 Å². The van der Waals surface area contributed by atoms with Crippen LogP contribution in [0.5, 0.6) is 0 Å². The Morgan fingerprint density at radius 1 is 0.838 bits per heavy atom. The number of amides is 2. The smallest absolute Gasteiger partial charge is 0.307 e. The summed E-state index contributed by atoms with van der Waals surface area (Å²) in [5.74, 6) is 0.352. The van der Waals surface area contributed by atoms with E-state index >= 15 is 0 Å². The molecular formula is C31H27N4O2+. The van der Waals surface area contributed by atoms with E-state index < -0.39 is 0 Å². The second-order valence-corrected chi connectivity index (χ2v) is 8.67. The van der Waals surface area contributed by atoms with Crippen molar-refractivity contribution in [1.29, 1.82) is 0 Å². The summed E-state index contributed by atoms with van der Waals surface area (Å²) < 4.78 is 3.42. The molecule has 182 valence electrons. The third-order valence-corrected chi connectivity index (χ3v) is 6.41. The average molecular weight is 488 g/mol. The molecule has 3 aromatic carbocycles. The van der Waals surface area contributed by atoms with E-state index in [1.54, 1.807) is 28.4 Å². The Morgan fingerprint density at radius 2 is 1.46 bits per heavy atom. The van der Waals surface area contributed by atoms with Crippen LogP contribution in [-0.4, -0.2) is 31.9 Å². The predicted molar refractivity (Wildman–Crippen MR) is 146 cm³/mol. The lowest BCUT2D eigenvalue weighted by Gasteiger charge is -2.04. The summed E-state index contributed by atoms with van der Waals surface area (Å²) in [7, 11) is 1.79. The standard InChI is InChI=1S/C31H26N4O2/c1-4-25-26(5-2)31(37)35(29(25)22-12-8-6-9-13-22)24-18-16-21(17-19-24)27-20-28(34(3)33-27)32-30(36)23-14-10-7-11-15-23/h4-20H,1-3H3/p+1/b25-4+,26-5+. The van der Waals surface area contributed by atoms with Crippen molar-refractivity contribution >= 4 is 29.0 Å². The van der Waals surface area contributed by atoms with Crippen LogP contribution in [0.3, 0.4) is 0 Å². The number of anilines is 1. The maximum absolute atomic E-state index is 13.5. The van der Waals surface area contributed by atoms with Gasteiger partial charge in [-0.3, -0.25) is 9.48 Å². The van der Waals surface area contributed by atoms with Gasteiger partial charge in [-0.1, -0.05) is 48.6 Å². The number of nitrogens with one attached hydrogen (secondary N) is 1. The fourth-order valence-corrected chi connectivity index (χ4v) is 4.57. The van der Waals surface area contributed by atoms with Gasteiger partial charge in [0, 0.05) is 41.9 Å². The fraction of sp³-hybridized carbons (Fsp3) is 0.0968. The SMILES string of the molecule is C/C=C1/C(=O)[N+](c2ccc(-c3cc(NC(=O)c4ccccc4)n(C)n3)cc2)=C(c2ccccc2)/C1=C/C. The molecule has 5 rings (SSSR count). The predicted octanol–water partition coefficient (Wildman–Crippen LogP) is 5.91. The number of benzene rings is 3. The van der Waals surface area contributed by atoms with E-state index in [0.717, 1.165) is 33.8 Å². The lowest BCUT2D eigenvalue weighted by atomic mass is 9.98. The van der Waals surface area contributed by atoms with Gasteiger partial charge in [0.15, 0.2) is 0 Å². The minimum Gasteiger partial charge on any atom is -0.307 e. The van der Waals surface area contributed by atoms with Gasteiger partial charge in [-0.25, -0.2) is 4.79 Å². The monoisotopic (exact) mass is 487 g/mol. The molecule has 1 aliphatic rings. The third-order valence-electron chi connectivity index (χ3n) is 6.41. The van der Waals surface area contributed by atoms with E-state index in [1.807, 2.05) is 105 Å². The molecule has 0 atom stereocenters. The first kappa shape index (κ1) is 23.9. The summed E-state index contributed by atoms with van der Waals surface area (Å²) in [4.78, 5) is 26.0. The molecule has 1 N–H and O–H groups in total. The van der Waals surface area contributed by atoms with E-state index in [4.69, 9.17) is 0 Å². The van der Waals surface area contributed by atoms with Crippen molar-refractivity contribution in [2.45, 2.75) is 13.8 Å². The number of aromatic nitrogens is 2. The molecule has 6 nitrogen and oxygen atoms in total. The molecular weight excluding hydrogens is 460 g/mol. The molecule has 0 saturated heterocycles. The molecule has 6 heteroatoms. The van der Waals surface area contributed by atoms with Crippen LogP contribution < -0.4 is 5.32 Å². The zero-order valence-corrected chi connectivity index (χ0v) is 21.0. The number of allylic oxidation sites excluding steroid dienone is 2. The van der Waals surface area contributed by atoms with Crippen molar-refractivity contribution in [3.8, 4) is 11.3 Å². The van der Waals surface area contributed by atoms with Crippen molar-refractivity contribution in [2.75, 3.05) is 5.32 Å². The summed E-state index contributed by atoms with van der Waals surface area (Å²) >= 11 is 0. The zero-order chi connectivity index (χ0) is 25.9. The van der Waals surface area contributed by atoms with Crippen molar-refractivity contribution in [3.63, 3.8) is 0 Å². The molecule has 1 aliphatic heterocycles. The second kappa shape index (κ2) is 10.0. The Bertz CT molecular complexity index is 1580. The minimum atomic E-state index is -0.193. The first-order valence-corrected chi connectivity index (χ1v) is 12.1. The van der Waals surface area contributed by atoms with Crippen LogP contribution in [0.2, 0.25) is 0 Å². The first-order chi connectivity index (χ1) is 18.0. The summed E-state index contributed by atoms with van der Waals surface area (Å²) in [6, 6.07) is 28.6. The Hall–Kier alpha value is -4.84. The average Bonchev–Trinajstić information content (AvgIpc) is 3.45. The topological polar surface area (TPSA) is 67.0 Å². The van der Waals surface area contributed by atoms with Gasteiger partial charge in [-0.2, -0.15) is 5.10 Å². The highest BCUT2D eigenvalue weighted by molar-refractivity contribution is 6.24. The molecule has 2 amide bonds. The minimum absolute atomic E-state index is 0.0500. The Balaban J connectivity index is 1.49. The second-order valence-electron chi connectivity index (χ2n) is 8.67. The normalized spacial score (nSPS) is 15.6. The maximum atomic E-state index is 13.5. The number of hydrogen-bond donors (Lipinski definition) is 1. The van der Waals surface area contributed by atoms with E-state index in [-0.39, 0.29) is 11.8 Å². The highest BCUT2D eigenvalue weighted by atomic mass is 16.2. The maximum Gasteiger partial charge on any atom is 0.426 e. The number of carbonyl (C=O) groups excluding carboxylic acids is 2. The van der Waals surface area contributed by atoms with Crippen molar-refractivity contribution in [1.82, 2.24) is 9.78 Å². The van der Waals surface area contributed by atoms with Crippen molar-refractivity contribution < 1.29 is 14.2 Å². The lowest BCUT2D eigenvalue weighted by Crippen LogP contribution is -2.16.